The van der Waals surface area contributed by atoms with Crippen LogP contribution in [0.15, 0.2) is 18.2 Å². The Morgan fingerprint density at radius 3 is 2.60 bits per heavy atom. The van der Waals surface area contributed by atoms with Gasteiger partial charge in [0, 0.05) is 6.54 Å². The van der Waals surface area contributed by atoms with Crippen molar-refractivity contribution in [3.05, 3.63) is 29.3 Å². The van der Waals surface area contributed by atoms with Crippen LogP contribution in [0.1, 0.15) is 31.4 Å². The smallest absolute Gasteiger partial charge is 0.257 e. The summed E-state index contributed by atoms with van der Waals surface area (Å²) in [6.07, 6.45) is 0.340. The molecule has 0 saturated heterocycles. The number of hydrogen-bond acceptors (Lipinski definition) is 3. The van der Waals surface area contributed by atoms with Gasteiger partial charge in [0.05, 0.1) is 6.10 Å². The van der Waals surface area contributed by atoms with Crippen molar-refractivity contribution in [3.63, 3.8) is 0 Å². The van der Waals surface area contributed by atoms with Crippen molar-refractivity contribution in [1.82, 2.24) is 5.32 Å². The van der Waals surface area contributed by atoms with Crippen LogP contribution in [-0.2, 0) is 4.79 Å². The lowest BCUT2D eigenvalue weighted by atomic mass is 10.1. The maximum Gasteiger partial charge on any atom is 0.257 e. The Morgan fingerprint density at radius 2 is 2.00 bits per heavy atom. The topological polar surface area (TPSA) is 58.6 Å². The molecule has 1 amide bonds. The predicted octanol–water partition coefficient (Wildman–Crippen LogP) is 2.21. The van der Waals surface area contributed by atoms with Gasteiger partial charge in [-0.05, 0) is 56.4 Å². The summed E-state index contributed by atoms with van der Waals surface area (Å²) in [6.45, 7) is 8.37. The summed E-state index contributed by atoms with van der Waals surface area (Å²) in [6, 6.07) is 5.78. The van der Waals surface area contributed by atoms with Crippen LogP contribution >= 0.6 is 0 Å². The average molecular weight is 279 g/mol. The Labute approximate surface area is 121 Å². The maximum absolute atomic E-state index is 11.7. The molecule has 0 radical (unpaired) electrons. The van der Waals surface area contributed by atoms with E-state index in [4.69, 9.17) is 4.74 Å². The molecule has 0 aromatic heterocycles. The van der Waals surface area contributed by atoms with E-state index >= 15 is 0 Å². The van der Waals surface area contributed by atoms with Crippen molar-refractivity contribution in [1.29, 1.82) is 0 Å². The second-order valence-corrected chi connectivity index (χ2v) is 5.53. The molecule has 1 aromatic rings. The highest BCUT2D eigenvalue weighted by Gasteiger charge is 2.09. The molecule has 4 heteroatoms. The third-order valence-corrected chi connectivity index (χ3v) is 3.24. The number of carbonyl (C=O) groups is 1. The minimum atomic E-state index is -0.339. The van der Waals surface area contributed by atoms with Crippen LogP contribution in [0.3, 0.4) is 0 Å². The number of amides is 1. The first-order valence-corrected chi connectivity index (χ1v) is 7.03. The van der Waals surface area contributed by atoms with Gasteiger partial charge in [-0.1, -0.05) is 13.0 Å². The fraction of sp³-hybridized carbons (Fsp3) is 0.562. The van der Waals surface area contributed by atoms with Crippen LogP contribution in [0.2, 0.25) is 0 Å². The second-order valence-electron chi connectivity index (χ2n) is 5.53. The Balaban J connectivity index is 2.31. The quantitative estimate of drug-likeness (QED) is 0.804. The number of aliphatic hydroxyl groups is 1. The van der Waals surface area contributed by atoms with Crippen LogP contribution in [0.4, 0.5) is 0 Å². The molecule has 0 spiro atoms. The average Bonchev–Trinajstić information content (AvgIpc) is 2.37. The van der Waals surface area contributed by atoms with Gasteiger partial charge in [0.2, 0.25) is 0 Å². The zero-order chi connectivity index (χ0) is 15.1. The molecule has 2 unspecified atom stereocenters. The van der Waals surface area contributed by atoms with Crippen molar-refractivity contribution >= 4 is 5.91 Å². The molecule has 0 aliphatic rings. The lowest BCUT2D eigenvalue weighted by Crippen LogP contribution is -2.33. The fourth-order valence-corrected chi connectivity index (χ4v) is 1.96. The van der Waals surface area contributed by atoms with E-state index in [-0.39, 0.29) is 24.5 Å². The monoisotopic (exact) mass is 279 g/mol. The van der Waals surface area contributed by atoms with E-state index < -0.39 is 0 Å². The van der Waals surface area contributed by atoms with E-state index in [0.717, 1.165) is 5.56 Å². The zero-order valence-corrected chi connectivity index (χ0v) is 12.8. The van der Waals surface area contributed by atoms with Crippen LogP contribution in [-0.4, -0.2) is 30.3 Å². The van der Waals surface area contributed by atoms with E-state index in [1.165, 1.54) is 5.56 Å². The number of benzene rings is 1. The van der Waals surface area contributed by atoms with Crippen molar-refractivity contribution in [3.8, 4) is 5.75 Å². The number of rotatable bonds is 7. The first-order valence-electron chi connectivity index (χ1n) is 7.03. The summed E-state index contributed by atoms with van der Waals surface area (Å²) in [7, 11) is 0. The number of hydrogen-bond donors (Lipinski definition) is 2. The highest BCUT2D eigenvalue weighted by Crippen LogP contribution is 2.16. The molecule has 0 bridgehead atoms. The van der Waals surface area contributed by atoms with Gasteiger partial charge in [0.25, 0.3) is 5.91 Å². The van der Waals surface area contributed by atoms with Gasteiger partial charge < -0.3 is 15.2 Å². The molecule has 20 heavy (non-hydrogen) atoms. The molecule has 0 aliphatic heterocycles. The SMILES string of the molecule is Cc1ccc(OCC(=O)NCC(C)CC(C)O)cc1C. The summed E-state index contributed by atoms with van der Waals surface area (Å²) in [5.41, 5.74) is 2.35. The predicted molar refractivity (Wildman–Crippen MR) is 79.9 cm³/mol. The molecule has 2 N–H and O–H groups in total. The lowest BCUT2D eigenvalue weighted by molar-refractivity contribution is -0.123. The number of ether oxygens (including phenoxy) is 1. The van der Waals surface area contributed by atoms with Gasteiger partial charge >= 0.3 is 0 Å². The number of aliphatic hydroxyl groups excluding tert-OH is 1. The van der Waals surface area contributed by atoms with E-state index in [0.29, 0.717) is 18.7 Å². The van der Waals surface area contributed by atoms with E-state index in [1.807, 2.05) is 39.0 Å². The Morgan fingerprint density at radius 1 is 1.30 bits per heavy atom. The Bertz CT molecular complexity index is 443. The third kappa shape index (κ3) is 6.06. The normalized spacial score (nSPS) is 13.7. The van der Waals surface area contributed by atoms with Gasteiger partial charge in [-0.2, -0.15) is 0 Å². The lowest BCUT2D eigenvalue weighted by Gasteiger charge is -2.14. The van der Waals surface area contributed by atoms with E-state index in [2.05, 4.69) is 5.32 Å². The van der Waals surface area contributed by atoms with Crippen LogP contribution < -0.4 is 10.1 Å². The van der Waals surface area contributed by atoms with E-state index in [1.54, 1.807) is 6.92 Å². The summed E-state index contributed by atoms with van der Waals surface area (Å²) >= 11 is 0. The molecule has 112 valence electrons. The summed E-state index contributed by atoms with van der Waals surface area (Å²) in [5.74, 6) is 0.821. The number of carbonyl (C=O) groups excluding carboxylic acids is 1. The van der Waals surface area contributed by atoms with E-state index in [9.17, 15) is 9.90 Å². The molecular formula is C16H25NO3. The minimum absolute atomic E-state index is 0.0178. The Kier molecular flexibility index (Phi) is 6.52. The zero-order valence-electron chi connectivity index (χ0n) is 12.8. The van der Waals surface area contributed by atoms with Gasteiger partial charge in [0.1, 0.15) is 5.75 Å². The van der Waals surface area contributed by atoms with Crippen molar-refractivity contribution < 1.29 is 14.6 Å². The summed E-state index contributed by atoms with van der Waals surface area (Å²) in [5, 5.41) is 12.1. The molecule has 0 heterocycles. The number of nitrogens with one attached hydrogen (secondary N) is 1. The molecule has 1 rings (SSSR count). The molecule has 0 fully saturated rings. The minimum Gasteiger partial charge on any atom is -0.484 e. The van der Waals surface area contributed by atoms with Gasteiger partial charge in [-0.15, -0.1) is 0 Å². The van der Waals surface area contributed by atoms with Crippen LogP contribution in [0.5, 0.6) is 5.75 Å². The first kappa shape index (κ1) is 16.5. The molecule has 0 aliphatic carbocycles. The van der Waals surface area contributed by atoms with Crippen LogP contribution in [0, 0.1) is 19.8 Å². The first-order chi connectivity index (χ1) is 9.38. The largest absolute Gasteiger partial charge is 0.484 e. The fourth-order valence-electron chi connectivity index (χ4n) is 1.96. The standard InChI is InChI=1S/C16H25NO3/c1-11(7-14(4)18)9-17-16(19)10-20-15-6-5-12(2)13(3)8-15/h5-6,8,11,14,18H,7,9-10H2,1-4H3,(H,17,19). The molecular weight excluding hydrogens is 254 g/mol. The van der Waals surface area contributed by atoms with Gasteiger partial charge in [-0.25, -0.2) is 0 Å². The van der Waals surface area contributed by atoms with Gasteiger partial charge in [0.15, 0.2) is 6.61 Å². The number of aryl methyl sites for hydroxylation is 2. The van der Waals surface area contributed by atoms with Crippen molar-refractivity contribution in [2.45, 2.75) is 40.2 Å². The van der Waals surface area contributed by atoms with Gasteiger partial charge in [-0.3, -0.25) is 4.79 Å². The van der Waals surface area contributed by atoms with Crippen molar-refractivity contribution in [2.24, 2.45) is 5.92 Å². The Hall–Kier alpha value is -1.55. The third-order valence-electron chi connectivity index (χ3n) is 3.24. The maximum atomic E-state index is 11.7. The highest BCUT2D eigenvalue weighted by molar-refractivity contribution is 5.77. The molecule has 0 saturated carbocycles. The van der Waals surface area contributed by atoms with Crippen molar-refractivity contribution in [2.75, 3.05) is 13.2 Å². The molecule has 1 aromatic carbocycles. The molecule has 4 nitrogen and oxygen atoms in total. The highest BCUT2D eigenvalue weighted by atomic mass is 16.5. The second kappa shape index (κ2) is 7.90. The van der Waals surface area contributed by atoms with Crippen LogP contribution in [0.25, 0.3) is 0 Å². The molecule has 2 atom stereocenters. The summed E-state index contributed by atoms with van der Waals surface area (Å²) < 4.78 is 5.46. The summed E-state index contributed by atoms with van der Waals surface area (Å²) in [4.78, 5) is 11.7.